The number of fused-ring (bicyclic) bond motifs is 1. The van der Waals surface area contributed by atoms with Crippen molar-refractivity contribution in [2.24, 2.45) is 5.92 Å². The molecule has 0 aliphatic carbocycles. The maximum atomic E-state index is 13.8. The van der Waals surface area contributed by atoms with E-state index in [2.05, 4.69) is 15.6 Å². The van der Waals surface area contributed by atoms with Gasteiger partial charge in [-0.1, -0.05) is 92.7 Å². The molecule has 0 radical (unpaired) electrons. The summed E-state index contributed by atoms with van der Waals surface area (Å²) in [7, 11) is 0. The Morgan fingerprint density at radius 2 is 1.54 bits per heavy atom. The molecule has 3 amide bonds. The second-order valence-corrected chi connectivity index (χ2v) is 11.7. The van der Waals surface area contributed by atoms with E-state index in [9.17, 15) is 19.2 Å². The Hall–Kier alpha value is -5.25. The molecule has 46 heavy (non-hydrogen) atoms. The Kier molecular flexibility index (Phi) is 10.6. The number of ether oxygens (including phenoxy) is 1. The van der Waals surface area contributed by atoms with Gasteiger partial charge in [0.05, 0.1) is 6.04 Å². The summed E-state index contributed by atoms with van der Waals surface area (Å²) in [5.41, 5.74) is 3.67. The molecule has 2 unspecified atom stereocenters. The van der Waals surface area contributed by atoms with E-state index < -0.39 is 29.9 Å². The van der Waals surface area contributed by atoms with Gasteiger partial charge in [0.2, 0.25) is 11.7 Å². The molecular formula is C36H38N4O6. The molecule has 0 fully saturated rings. The first-order valence-electron chi connectivity index (χ1n) is 15.5. The highest BCUT2D eigenvalue weighted by Gasteiger charge is 2.32. The van der Waals surface area contributed by atoms with Gasteiger partial charge in [0.1, 0.15) is 18.9 Å². The molecular weight excluding hydrogens is 584 g/mol. The molecule has 1 aliphatic heterocycles. The summed E-state index contributed by atoms with van der Waals surface area (Å²) in [6.07, 6.45) is 2.21. The molecule has 10 heteroatoms. The number of rotatable bonds is 13. The first kappa shape index (κ1) is 32.2. The molecule has 238 valence electrons. The molecule has 0 bridgehead atoms. The standard InChI is InChI=1S/C36H38N4O6/c1-24(2)21-29(39-36(44)46-22-26-13-7-4-8-14-26)33(42)37-28(18-17-25-11-5-3-6-12-25)32(41)34-38-30(23-45-34)35(43)40-20-19-27-15-9-10-16-31(27)40/h3-16,23-24,28-29H,17-22H2,1-2H3,(H,37,42)(H,39,44). The number of Topliss-reactive ketones (excluding diaryl/α,β-unsaturated/α-hetero) is 1. The van der Waals surface area contributed by atoms with E-state index in [1.807, 2.05) is 98.8 Å². The third-order valence-electron chi connectivity index (χ3n) is 7.79. The zero-order chi connectivity index (χ0) is 32.5. The largest absolute Gasteiger partial charge is 0.445 e. The van der Waals surface area contributed by atoms with Crippen LogP contribution in [0.2, 0.25) is 0 Å². The van der Waals surface area contributed by atoms with Crippen LogP contribution in [0.5, 0.6) is 0 Å². The predicted octanol–water partition coefficient (Wildman–Crippen LogP) is 5.52. The number of amides is 3. The summed E-state index contributed by atoms with van der Waals surface area (Å²) in [4.78, 5) is 59.2. The van der Waals surface area contributed by atoms with E-state index in [1.54, 1.807) is 4.90 Å². The van der Waals surface area contributed by atoms with Crippen LogP contribution in [0.3, 0.4) is 0 Å². The van der Waals surface area contributed by atoms with Crippen molar-refractivity contribution in [3.63, 3.8) is 0 Å². The van der Waals surface area contributed by atoms with E-state index in [0.717, 1.165) is 28.8 Å². The number of hydrogen-bond donors (Lipinski definition) is 2. The number of anilines is 1. The number of hydrogen-bond acceptors (Lipinski definition) is 7. The van der Waals surface area contributed by atoms with Gasteiger partial charge in [0.15, 0.2) is 5.69 Å². The molecule has 5 rings (SSSR count). The number of oxazole rings is 1. The fourth-order valence-electron chi connectivity index (χ4n) is 5.43. The number of para-hydroxylation sites is 1. The van der Waals surface area contributed by atoms with Crippen LogP contribution in [0.25, 0.3) is 0 Å². The summed E-state index contributed by atoms with van der Waals surface area (Å²) in [5.74, 6) is -1.69. The SMILES string of the molecule is CC(C)CC(NC(=O)OCc1ccccc1)C(=O)NC(CCc1ccccc1)C(=O)c1nc(C(=O)N2CCc3ccccc32)co1. The van der Waals surface area contributed by atoms with Gasteiger partial charge in [-0.15, -0.1) is 0 Å². The van der Waals surface area contributed by atoms with Crippen LogP contribution in [0.1, 0.15) is 64.6 Å². The van der Waals surface area contributed by atoms with Crippen molar-refractivity contribution in [2.45, 2.75) is 58.2 Å². The topological polar surface area (TPSA) is 131 Å². The zero-order valence-electron chi connectivity index (χ0n) is 26.0. The Morgan fingerprint density at radius 3 is 2.26 bits per heavy atom. The normalized spacial score (nSPS) is 13.5. The van der Waals surface area contributed by atoms with Crippen LogP contribution >= 0.6 is 0 Å². The van der Waals surface area contributed by atoms with E-state index in [1.165, 1.54) is 6.26 Å². The lowest BCUT2D eigenvalue weighted by atomic mass is 9.99. The molecule has 0 saturated carbocycles. The Labute approximate surface area is 268 Å². The van der Waals surface area contributed by atoms with Crippen molar-refractivity contribution < 1.29 is 28.3 Å². The van der Waals surface area contributed by atoms with Crippen molar-refractivity contribution >= 4 is 29.4 Å². The molecule has 2 heterocycles. The van der Waals surface area contributed by atoms with Crippen molar-refractivity contribution in [1.82, 2.24) is 15.6 Å². The maximum Gasteiger partial charge on any atom is 0.408 e. The fourth-order valence-corrected chi connectivity index (χ4v) is 5.43. The van der Waals surface area contributed by atoms with Crippen molar-refractivity contribution in [3.05, 3.63) is 119 Å². The number of aromatic nitrogens is 1. The summed E-state index contributed by atoms with van der Waals surface area (Å²) in [6, 6.07) is 24.5. The number of benzene rings is 3. The predicted molar refractivity (Wildman–Crippen MR) is 172 cm³/mol. The minimum atomic E-state index is -1.03. The molecule has 0 saturated heterocycles. The number of nitrogens with one attached hydrogen (secondary N) is 2. The Balaban J connectivity index is 1.30. The second-order valence-electron chi connectivity index (χ2n) is 11.7. The van der Waals surface area contributed by atoms with E-state index in [-0.39, 0.29) is 36.4 Å². The third kappa shape index (κ3) is 8.26. The number of nitrogens with zero attached hydrogens (tertiary/aromatic N) is 2. The highest BCUT2D eigenvalue weighted by atomic mass is 16.5. The first-order valence-corrected chi connectivity index (χ1v) is 15.5. The number of aryl methyl sites for hydroxylation is 1. The van der Waals surface area contributed by atoms with Gasteiger partial charge in [0.25, 0.3) is 11.8 Å². The van der Waals surface area contributed by atoms with Crippen LogP contribution < -0.4 is 15.5 Å². The number of ketones is 1. The van der Waals surface area contributed by atoms with Gasteiger partial charge in [-0.2, -0.15) is 0 Å². The number of alkyl carbamates (subject to hydrolysis) is 1. The lowest BCUT2D eigenvalue weighted by Crippen LogP contribution is -2.52. The van der Waals surface area contributed by atoms with Gasteiger partial charge >= 0.3 is 6.09 Å². The monoisotopic (exact) mass is 622 g/mol. The van der Waals surface area contributed by atoms with Gasteiger partial charge in [-0.05, 0) is 54.4 Å². The lowest BCUT2D eigenvalue weighted by molar-refractivity contribution is -0.124. The average Bonchev–Trinajstić information content (AvgIpc) is 3.74. The summed E-state index contributed by atoms with van der Waals surface area (Å²) >= 11 is 0. The van der Waals surface area contributed by atoms with Crippen LogP contribution in [0.4, 0.5) is 10.5 Å². The molecule has 3 aromatic carbocycles. The molecule has 2 atom stereocenters. The molecule has 2 N–H and O–H groups in total. The minimum Gasteiger partial charge on any atom is -0.445 e. The summed E-state index contributed by atoms with van der Waals surface area (Å²) in [6.45, 7) is 4.41. The highest BCUT2D eigenvalue weighted by molar-refractivity contribution is 6.07. The van der Waals surface area contributed by atoms with E-state index >= 15 is 0 Å². The van der Waals surface area contributed by atoms with Crippen LogP contribution in [-0.2, 0) is 29.0 Å². The van der Waals surface area contributed by atoms with Crippen LogP contribution in [0, 0.1) is 5.92 Å². The van der Waals surface area contributed by atoms with Gasteiger partial charge < -0.3 is 24.7 Å². The Morgan fingerprint density at radius 1 is 0.870 bits per heavy atom. The lowest BCUT2D eigenvalue weighted by Gasteiger charge is -2.23. The minimum absolute atomic E-state index is 0.00806. The second kappa shape index (κ2) is 15.2. The molecule has 1 aromatic heterocycles. The summed E-state index contributed by atoms with van der Waals surface area (Å²) in [5, 5.41) is 5.48. The molecule has 4 aromatic rings. The number of carbonyl (C=O) groups excluding carboxylic acids is 4. The third-order valence-corrected chi connectivity index (χ3v) is 7.79. The van der Waals surface area contributed by atoms with Gasteiger partial charge in [-0.25, -0.2) is 9.78 Å². The van der Waals surface area contributed by atoms with Crippen molar-refractivity contribution in [1.29, 1.82) is 0 Å². The first-order chi connectivity index (χ1) is 22.3. The average molecular weight is 623 g/mol. The molecule has 0 spiro atoms. The molecule has 1 aliphatic rings. The van der Waals surface area contributed by atoms with Crippen LogP contribution in [-0.4, -0.2) is 47.3 Å². The molecule has 10 nitrogen and oxygen atoms in total. The summed E-state index contributed by atoms with van der Waals surface area (Å²) < 4.78 is 10.9. The maximum absolute atomic E-state index is 13.8. The van der Waals surface area contributed by atoms with Crippen molar-refractivity contribution in [3.8, 4) is 0 Å². The van der Waals surface area contributed by atoms with E-state index in [4.69, 9.17) is 9.15 Å². The van der Waals surface area contributed by atoms with Gasteiger partial charge in [0, 0.05) is 12.2 Å². The Bertz CT molecular complexity index is 1650. The van der Waals surface area contributed by atoms with E-state index in [0.29, 0.717) is 19.4 Å². The zero-order valence-corrected chi connectivity index (χ0v) is 26.0. The smallest absolute Gasteiger partial charge is 0.408 e. The van der Waals surface area contributed by atoms with Crippen LogP contribution in [0.15, 0.2) is 95.6 Å². The van der Waals surface area contributed by atoms with Gasteiger partial charge in [-0.3, -0.25) is 14.4 Å². The number of carbonyl (C=O) groups is 4. The highest BCUT2D eigenvalue weighted by Crippen LogP contribution is 2.28. The quantitative estimate of drug-likeness (QED) is 0.188. The van der Waals surface area contributed by atoms with Crippen molar-refractivity contribution in [2.75, 3.05) is 11.4 Å². The fraction of sp³-hybridized carbons (Fsp3) is 0.306.